The summed E-state index contributed by atoms with van der Waals surface area (Å²) in [5, 5.41) is 24.9. The summed E-state index contributed by atoms with van der Waals surface area (Å²) in [5.74, 6) is 0.392. The van der Waals surface area contributed by atoms with Crippen LogP contribution in [0.2, 0.25) is 0 Å². The Morgan fingerprint density at radius 2 is 1.61 bits per heavy atom. The molecule has 0 radical (unpaired) electrons. The maximum absolute atomic E-state index is 12.8. The van der Waals surface area contributed by atoms with Gasteiger partial charge in [-0.2, -0.15) is 0 Å². The number of halogens is 3. The van der Waals surface area contributed by atoms with Crippen LogP contribution in [0.25, 0.3) is 33.2 Å². The topological polar surface area (TPSA) is 99.9 Å². The molecule has 3 N–H and O–H groups in total. The van der Waals surface area contributed by atoms with E-state index >= 15 is 0 Å². The van der Waals surface area contributed by atoms with Gasteiger partial charge in [-0.1, -0.05) is 60.7 Å². The number of hydrogen-bond acceptors (Lipinski definition) is 7. The lowest BCUT2D eigenvalue weighted by Gasteiger charge is -2.23. The molecular weight excluding hydrogens is 657 g/mol. The number of ether oxygens (including phenoxy) is 1. The number of aromatic nitrogens is 2. The van der Waals surface area contributed by atoms with E-state index in [9.17, 15) is 28.2 Å². The van der Waals surface area contributed by atoms with Crippen molar-refractivity contribution in [1.82, 2.24) is 14.9 Å². The Labute approximate surface area is 293 Å². The van der Waals surface area contributed by atoms with E-state index in [4.69, 9.17) is 4.98 Å². The molecule has 11 heteroatoms. The minimum absolute atomic E-state index is 0.0474. The third-order valence-corrected chi connectivity index (χ3v) is 8.81. The number of nitrogens with zero attached hydrogens (tertiary/aromatic N) is 3. The highest BCUT2D eigenvalue weighted by atomic mass is 19.4. The molecule has 6 rings (SSSR count). The number of nitrogens with one attached hydrogen (secondary N) is 1. The van der Waals surface area contributed by atoms with E-state index in [-0.39, 0.29) is 37.2 Å². The molecule has 1 aromatic heterocycles. The molecular formula is C40H39F3N4O4. The monoisotopic (exact) mass is 696 g/mol. The van der Waals surface area contributed by atoms with Gasteiger partial charge in [-0.15, -0.1) is 13.2 Å². The van der Waals surface area contributed by atoms with Gasteiger partial charge in [0, 0.05) is 49.9 Å². The van der Waals surface area contributed by atoms with Crippen molar-refractivity contribution in [2.24, 2.45) is 0 Å². The summed E-state index contributed by atoms with van der Waals surface area (Å²) in [5.41, 5.74) is 5.92. The molecule has 0 spiro atoms. The van der Waals surface area contributed by atoms with Gasteiger partial charge >= 0.3 is 6.36 Å². The van der Waals surface area contributed by atoms with Crippen LogP contribution in [-0.2, 0) is 17.9 Å². The summed E-state index contributed by atoms with van der Waals surface area (Å²) in [4.78, 5) is 19.4. The Balaban J connectivity index is 1.36. The summed E-state index contributed by atoms with van der Waals surface area (Å²) >= 11 is 0. The van der Waals surface area contributed by atoms with Crippen LogP contribution in [0.5, 0.6) is 5.75 Å². The molecule has 51 heavy (non-hydrogen) atoms. The maximum Gasteiger partial charge on any atom is 0.573 e. The van der Waals surface area contributed by atoms with Crippen LogP contribution in [0.1, 0.15) is 36.1 Å². The largest absolute Gasteiger partial charge is 0.573 e. The molecule has 0 aliphatic heterocycles. The second kappa shape index (κ2) is 15.8. The molecule has 0 amide bonds. The highest BCUT2D eigenvalue weighted by Gasteiger charge is 2.31. The van der Waals surface area contributed by atoms with E-state index in [1.807, 2.05) is 70.1 Å². The first-order valence-electron chi connectivity index (χ1n) is 16.7. The molecule has 0 fully saturated rings. The average molecular weight is 697 g/mol. The zero-order valence-corrected chi connectivity index (χ0v) is 28.1. The summed E-state index contributed by atoms with van der Waals surface area (Å²) in [6.45, 7) is 3.06. The zero-order chi connectivity index (χ0) is 36.0. The fourth-order valence-corrected chi connectivity index (χ4v) is 6.43. The van der Waals surface area contributed by atoms with Crippen LogP contribution in [-0.4, -0.2) is 58.2 Å². The Morgan fingerprint density at radius 3 is 2.29 bits per heavy atom. The highest BCUT2D eigenvalue weighted by molar-refractivity contribution is 5.86. The van der Waals surface area contributed by atoms with Crippen LogP contribution in [0.15, 0.2) is 109 Å². The van der Waals surface area contributed by atoms with Crippen molar-refractivity contribution in [3.8, 4) is 17.1 Å². The van der Waals surface area contributed by atoms with E-state index in [0.717, 1.165) is 44.2 Å². The van der Waals surface area contributed by atoms with Gasteiger partial charge in [-0.3, -0.25) is 4.79 Å². The van der Waals surface area contributed by atoms with E-state index in [0.29, 0.717) is 37.5 Å². The normalized spacial score (nSPS) is 12.4. The van der Waals surface area contributed by atoms with Gasteiger partial charge in [0.1, 0.15) is 17.4 Å². The number of Topliss-reactive ketones (excluding diaryl/α,β-unsaturated/α-hetero) is 1. The number of aliphatic hydroxyl groups is 2. The molecule has 1 heterocycles. The Hall–Kier alpha value is -5.23. The van der Waals surface area contributed by atoms with Gasteiger partial charge < -0.3 is 29.7 Å². The molecule has 1 unspecified atom stereocenters. The third-order valence-electron chi connectivity index (χ3n) is 8.81. The number of alkyl halides is 3. The lowest BCUT2D eigenvalue weighted by molar-refractivity contribution is -0.274. The molecule has 0 aliphatic carbocycles. The molecule has 6 aromatic rings. The molecule has 0 saturated heterocycles. The van der Waals surface area contributed by atoms with Gasteiger partial charge in [-0.05, 0) is 82.9 Å². The lowest BCUT2D eigenvalue weighted by Crippen LogP contribution is -2.29. The van der Waals surface area contributed by atoms with E-state index in [1.165, 1.54) is 12.1 Å². The fraction of sp³-hybridized carbons (Fsp3) is 0.250. The van der Waals surface area contributed by atoms with Crippen molar-refractivity contribution in [3.05, 3.63) is 126 Å². The number of imidazole rings is 1. The van der Waals surface area contributed by atoms with Crippen molar-refractivity contribution in [1.29, 1.82) is 0 Å². The number of benzene rings is 5. The number of hydrogen-bond donors (Lipinski definition) is 3. The molecule has 1 atom stereocenters. The van der Waals surface area contributed by atoms with Gasteiger partial charge in [0.25, 0.3) is 0 Å². The van der Waals surface area contributed by atoms with Crippen molar-refractivity contribution in [2.75, 3.05) is 31.2 Å². The first-order chi connectivity index (χ1) is 24.6. The average Bonchev–Trinajstić information content (AvgIpc) is 3.47. The van der Waals surface area contributed by atoms with E-state index in [2.05, 4.69) is 34.3 Å². The summed E-state index contributed by atoms with van der Waals surface area (Å²) in [6.07, 6.45) is -4.50. The van der Waals surface area contributed by atoms with Crippen molar-refractivity contribution in [3.63, 3.8) is 0 Å². The number of carbonyl (C=O) groups excluding carboxylic acids is 1. The van der Waals surface area contributed by atoms with Gasteiger partial charge in [0.2, 0.25) is 0 Å². The van der Waals surface area contributed by atoms with Crippen LogP contribution in [0, 0.1) is 0 Å². The number of anilines is 1. The highest BCUT2D eigenvalue weighted by Crippen LogP contribution is 2.31. The maximum atomic E-state index is 12.8. The van der Waals surface area contributed by atoms with E-state index in [1.54, 1.807) is 19.1 Å². The summed E-state index contributed by atoms with van der Waals surface area (Å²) < 4.78 is 44.5. The Kier molecular flexibility index (Phi) is 11.0. The van der Waals surface area contributed by atoms with Crippen molar-refractivity contribution < 1.29 is 32.9 Å². The number of aliphatic hydroxyl groups excluding tert-OH is 2. The zero-order valence-electron chi connectivity index (χ0n) is 28.1. The van der Waals surface area contributed by atoms with Gasteiger partial charge in [0.15, 0.2) is 0 Å². The molecule has 8 nitrogen and oxygen atoms in total. The fourth-order valence-electron chi connectivity index (χ4n) is 6.43. The first-order valence-corrected chi connectivity index (χ1v) is 16.7. The minimum Gasteiger partial charge on any atom is -0.406 e. The summed E-state index contributed by atoms with van der Waals surface area (Å²) in [6, 6.07) is 33.4. The SMILES string of the molecule is CC(=O)CC(NCc1cccc2ccccc12)c1ccc2c(c1)nc(-c1ccc(N(CCO)CCO)cc1)n2Cc1ccc(OC(F)(F)F)cc1. The number of ketones is 1. The quantitative estimate of drug-likeness (QED) is 0.103. The smallest absolute Gasteiger partial charge is 0.406 e. The molecule has 0 saturated carbocycles. The van der Waals surface area contributed by atoms with Crippen molar-refractivity contribution >= 4 is 33.3 Å². The van der Waals surface area contributed by atoms with Crippen LogP contribution in [0.4, 0.5) is 18.9 Å². The van der Waals surface area contributed by atoms with Gasteiger partial charge in [0.05, 0.1) is 24.2 Å². The predicted molar refractivity (Wildman–Crippen MR) is 193 cm³/mol. The number of rotatable bonds is 15. The Morgan fingerprint density at radius 1 is 0.902 bits per heavy atom. The second-order valence-electron chi connectivity index (χ2n) is 12.4. The van der Waals surface area contributed by atoms with Crippen LogP contribution >= 0.6 is 0 Å². The predicted octanol–water partition coefficient (Wildman–Crippen LogP) is 7.40. The van der Waals surface area contributed by atoms with Gasteiger partial charge in [-0.25, -0.2) is 4.98 Å². The van der Waals surface area contributed by atoms with Crippen LogP contribution < -0.4 is 15.0 Å². The lowest BCUT2D eigenvalue weighted by atomic mass is 9.99. The third kappa shape index (κ3) is 8.75. The summed E-state index contributed by atoms with van der Waals surface area (Å²) in [7, 11) is 0. The number of fused-ring (bicyclic) bond motifs is 2. The second-order valence-corrected chi connectivity index (χ2v) is 12.4. The molecule has 264 valence electrons. The molecule has 0 bridgehead atoms. The van der Waals surface area contributed by atoms with Crippen LogP contribution in [0.3, 0.4) is 0 Å². The molecule has 0 aliphatic rings. The van der Waals surface area contributed by atoms with Crippen molar-refractivity contribution in [2.45, 2.75) is 38.8 Å². The molecule has 5 aromatic carbocycles. The minimum atomic E-state index is -4.78. The number of carbonyl (C=O) groups is 1. The Bertz CT molecular complexity index is 2090. The first kappa shape index (κ1) is 35.6. The van der Waals surface area contributed by atoms with E-state index < -0.39 is 6.36 Å². The standard InChI is InChI=1S/C40H39F3N4O4/c1-27(50)23-36(44-25-32-7-4-6-29-5-2-3-8-35(29)32)31-13-18-38-37(24-31)45-39(30-11-14-33(15-12-30)46(19-21-48)20-22-49)47(38)26-28-9-16-34(17-10-28)51-40(41,42)43/h2-18,24,36,44,48-49H,19-23,25-26H2,1H3.